The lowest BCUT2D eigenvalue weighted by atomic mass is 10.3. The Morgan fingerprint density at radius 2 is 2.38 bits per heavy atom. The molecule has 0 fully saturated rings. The maximum atomic E-state index is 4.17. The van der Waals surface area contributed by atoms with Crippen LogP contribution in [0.3, 0.4) is 0 Å². The lowest BCUT2D eigenvalue weighted by Crippen LogP contribution is -1.81. The van der Waals surface area contributed by atoms with Crippen LogP contribution in [0.5, 0.6) is 0 Å². The van der Waals surface area contributed by atoms with Crippen LogP contribution in [0.1, 0.15) is 11.5 Å². The number of fused-ring (bicyclic) bond motifs is 2. The second-order valence-corrected chi connectivity index (χ2v) is 1.96. The summed E-state index contributed by atoms with van der Waals surface area (Å²) in [6, 6.07) is 1.97. The van der Waals surface area contributed by atoms with Gasteiger partial charge in [0.25, 0.3) is 0 Å². The summed E-state index contributed by atoms with van der Waals surface area (Å²) in [5, 5.41) is 0. The van der Waals surface area contributed by atoms with Crippen molar-refractivity contribution in [1.82, 2.24) is 9.97 Å². The lowest BCUT2D eigenvalue weighted by Gasteiger charge is -1.81. The number of hydrogen-bond acceptors (Lipinski definition) is 2. The predicted molar refractivity (Wildman–Crippen MR) is 29.4 cm³/mol. The third kappa shape index (κ3) is 0.427. The van der Waals surface area contributed by atoms with Crippen LogP contribution in [-0.4, -0.2) is 9.97 Å². The number of nitrogens with zero attached hydrogens (tertiary/aromatic N) is 2. The molecule has 1 aliphatic rings. The van der Waals surface area contributed by atoms with Crippen molar-refractivity contribution >= 4 is 0 Å². The van der Waals surface area contributed by atoms with Gasteiger partial charge >= 0.3 is 0 Å². The molecular formula is C6H6N2. The molecule has 0 spiro atoms. The highest BCUT2D eigenvalue weighted by atomic mass is 14.9. The zero-order chi connectivity index (χ0) is 5.40. The molecule has 0 saturated carbocycles. The lowest BCUT2D eigenvalue weighted by molar-refractivity contribution is 0.984. The molecule has 1 aromatic heterocycles. The van der Waals surface area contributed by atoms with Crippen LogP contribution >= 0.6 is 0 Å². The number of aromatic nitrogens is 2. The molecule has 8 heavy (non-hydrogen) atoms. The van der Waals surface area contributed by atoms with E-state index in [-0.39, 0.29) is 0 Å². The summed E-state index contributed by atoms with van der Waals surface area (Å²) in [6.07, 6.45) is 3.96. The number of aryl methyl sites for hydroxylation is 2. The van der Waals surface area contributed by atoms with E-state index in [0.717, 1.165) is 18.7 Å². The zero-order valence-electron chi connectivity index (χ0n) is 4.46. The number of rotatable bonds is 0. The Morgan fingerprint density at radius 1 is 1.38 bits per heavy atom. The first kappa shape index (κ1) is 4.01. The summed E-state index contributed by atoms with van der Waals surface area (Å²) in [5.41, 5.74) is 1.19. The minimum Gasteiger partial charge on any atom is -0.241 e. The highest BCUT2D eigenvalue weighted by Gasteiger charge is 2.06. The fourth-order valence-electron chi connectivity index (χ4n) is 0.941. The van der Waals surface area contributed by atoms with Crippen LogP contribution in [0.25, 0.3) is 0 Å². The first-order chi connectivity index (χ1) is 3.95. The second-order valence-electron chi connectivity index (χ2n) is 1.96. The summed E-state index contributed by atoms with van der Waals surface area (Å²) in [7, 11) is 0. The molecule has 0 unspecified atom stereocenters. The quantitative estimate of drug-likeness (QED) is 0.483. The average molecular weight is 106 g/mol. The van der Waals surface area contributed by atoms with E-state index in [0.29, 0.717) is 0 Å². The molecule has 1 aliphatic heterocycles. The Labute approximate surface area is 47.6 Å². The van der Waals surface area contributed by atoms with Crippen LogP contribution in [0.15, 0.2) is 12.3 Å². The maximum absolute atomic E-state index is 4.17. The summed E-state index contributed by atoms with van der Waals surface area (Å²) >= 11 is 0. The van der Waals surface area contributed by atoms with Crippen molar-refractivity contribution in [3.05, 3.63) is 23.8 Å². The van der Waals surface area contributed by atoms with Crippen LogP contribution in [-0.2, 0) is 12.8 Å². The molecule has 2 bridgehead atoms. The molecule has 0 N–H and O–H groups in total. The minimum absolute atomic E-state index is 1.00. The second kappa shape index (κ2) is 1.28. The maximum Gasteiger partial charge on any atom is 0.128 e. The molecule has 0 amide bonds. The van der Waals surface area contributed by atoms with Gasteiger partial charge in [0, 0.05) is 18.3 Å². The Balaban J connectivity index is 2.66. The number of hydrogen-bond donors (Lipinski definition) is 0. The Bertz CT molecular complexity index is 188. The predicted octanol–water partition coefficient (Wildman–Crippen LogP) is 0.575. The van der Waals surface area contributed by atoms with Crippen molar-refractivity contribution in [1.29, 1.82) is 0 Å². The molecule has 2 rings (SSSR count). The molecule has 0 atom stereocenters. The van der Waals surface area contributed by atoms with Crippen molar-refractivity contribution in [3.63, 3.8) is 0 Å². The molecule has 0 aliphatic carbocycles. The fraction of sp³-hybridized carbons (Fsp3) is 0.333. The average Bonchev–Trinajstić information content (AvgIpc) is 2.12. The molecule has 40 valence electrons. The normalized spacial score (nSPS) is 14.5. The highest BCUT2D eigenvalue weighted by Crippen LogP contribution is 2.07. The molecule has 2 heterocycles. The van der Waals surface area contributed by atoms with E-state index >= 15 is 0 Å². The van der Waals surface area contributed by atoms with E-state index in [9.17, 15) is 0 Å². The summed E-state index contributed by atoms with van der Waals surface area (Å²) in [5.74, 6) is 1.00. The first-order valence-corrected chi connectivity index (χ1v) is 2.76. The highest BCUT2D eigenvalue weighted by molar-refractivity contribution is 5.09. The monoisotopic (exact) mass is 106 g/mol. The third-order valence-electron chi connectivity index (χ3n) is 1.37. The van der Waals surface area contributed by atoms with E-state index in [1.165, 1.54) is 5.69 Å². The van der Waals surface area contributed by atoms with Gasteiger partial charge in [-0.15, -0.1) is 0 Å². The van der Waals surface area contributed by atoms with E-state index < -0.39 is 0 Å². The van der Waals surface area contributed by atoms with Gasteiger partial charge in [-0.2, -0.15) is 0 Å². The third-order valence-corrected chi connectivity index (χ3v) is 1.37. The van der Waals surface area contributed by atoms with Crippen molar-refractivity contribution in [2.75, 3.05) is 0 Å². The summed E-state index contributed by atoms with van der Waals surface area (Å²) < 4.78 is 0. The van der Waals surface area contributed by atoms with Crippen molar-refractivity contribution in [3.8, 4) is 0 Å². The van der Waals surface area contributed by atoms with Crippen molar-refractivity contribution in [2.24, 2.45) is 0 Å². The van der Waals surface area contributed by atoms with Crippen LogP contribution < -0.4 is 0 Å². The molecule has 2 nitrogen and oxygen atoms in total. The SMILES string of the molecule is c1cc2nc(n1)CC2. The van der Waals surface area contributed by atoms with Crippen LogP contribution in [0.2, 0.25) is 0 Å². The van der Waals surface area contributed by atoms with Gasteiger partial charge < -0.3 is 0 Å². The zero-order valence-corrected chi connectivity index (χ0v) is 4.46. The van der Waals surface area contributed by atoms with Gasteiger partial charge in [-0.1, -0.05) is 0 Å². The molecular weight excluding hydrogens is 100 g/mol. The Morgan fingerprint density at radius 3 is 3.12 bits per heavy atom. The Hall–Kier alpha value is -0.920. The molecule has 0 radical (unpaired) electrons. The standard InChI is InChI=1S/C6H6N2/c1-2-6-7-4-3-5(1)8-6/h3-4H,1-2H2. The molecule has 0 aromatic carbocycles. The van der Waals surface area contributed by atoms with Gasteiger partial charge in [-0.3, -0.25) is 0 Å². The van der Waals surface area contributed by atoms with E-state index in [4.69, 9.17) is 0 Å². The van der Waals surface area contributed by atoms with Gasteiger partial charge in [-0.25, -0.2) is 9.97 Å². The topological polar surface area (TPSA) is 25.8 Å². The van der Waals surface area contributed by atoms with Crippen molar-refractivity contribution in [2.45, 2.75) is 12.8 Å². The largest absolute Gasteiger partial charge is 0.241 e. The van der Waals surface area contributed by atoms with Gasteiger partial charge in [0.15, 0.2) is 0 Å². The van der Waals surface area contributed by atoms with E-state index in [1.807, 2.05) is 12.3 Å². The summed E-state index contributed by atoms with van der Waals surface area (Å²) in [4.78, 5) is 8.21. The Kier molecular flexibility index (Phi) is 0.640. The first-order valence-electron chi connectivity index (χ1n) is 2.76. The molecule has 0 saturated heterocycles. The van der Waals surface area contributed by atoms with Crippen LogP contribution in [0, 0.1) is 0 Å². The van der Waals surface area contributed by atoms with Crippen molar-refractivity contribution < 1.29 is 0 Å². The van der Waals surface area contributed by atoms with Gasteiger partial charge in [0.2, 0.25) is 0 Å². The molecule has 2 heteroatoms. The van der Waals surface area contributed by atoms with E-state index in [2.05, 4.69) is 9.97 Å². The van der Waals surface area contributed by atoms with Gasteiger partial charge in [0.05, 0.1) is 0 Å². The smallest absolute Gasteiger partial charge is 0.128 e. The molecule has 1 aromatic rings. The fourth-order valence-corrected chi connectivity index (χ4v) is 0.941. The minimum atomic E-state index is 1.00. The van der Waals surface area contributed by atoms with Gasteiger partial charge in [0.1, 0.15) is 5.82 Å². The van der Waals surface area contributed by atoms with Gasteiger partial charge in [-0.05, 0) is 12.5 Å². The van der Waals surface area contributed by atoms with Crippen LogP contribution in [0.4, 0.5) is 0 Å². The van der Waals surface area contributed by atoms with E-state index in [1.54, 1.807) is 0 Å². The summed E-state index contributed by atoms with van der Waals surface area (Å²) in [6.45, 7) is 0.